The molecule has 1 heterocycles. The summed E-state index contributed by atoms with van der Waals surface area (Å²) in [6.45, 7) is 6.14. The molecule has 1 aliphatic rings. The van der Waals surface area contributed by atoms with Crippen molar-refractivity contribution in [2.24, 2.45) is 5.92 Å². The van der Waals surface area contributed by atoms with E-state index in [4.69, 9.17) is 4.74 Å². The van der Waals surface area contributed by atoms with Gasteiger partial charge >= 0.3 is 0 Å². The third kappa shape index (κ3) is 3.56. The highest BCUT2D eigenvalue weighted by Crippen LogP contribution is 2.42. The minimum absolute atomic E-state index is 0.326. The molecule has 1 fully saturated rings. The van der Waals surface area contributed by atoms with Gasteiger partial charge in [-0.25, -0.2) is 0 Å². The van der Waals surface area contributed by atoms with Gasteiger partial charge in [0.15, 0.2) is 0 Å². The minimum atomic E-state index is 0.326. The second-order valence-electron chi connectivity index (χ2n) is 4.86. The second-order valence-corrected chi connectivity index (χ2v) is 6.46. The van der Waals surface area contributed by atoms with Gasteiger partial charge in [0.05, 0.1) is 12.1 Å². The molecule has 1 aromatic heterocycles. The van der Waals surface area contributed by atoms with E-state index >= 15 is 0 Å². The van der Waals surface area contributed by atoms with Crippen LogP contribution in [0.2, 0.25) is 0 Å². The molecule has 2 unspecified atom stereocenters. The van der Waals surface area contributed by atoms with Gasteiger partial charge < -0.3 is 10.1 Å². The number of hydrogen-bond donors (Lipinski definition) is 1. The first-order valence-corrected chi connectivity index (χ1v) is 8.58. The Morgan fingerprint density at radius 2 is 2.22 bits per heavy atom. The molecule has 0 saturated heterocycles. The maximum absolute atomic E-state index is 6.03. The van der Waals surface area contributed by atoms with Gasteiger partial charge in [0.25, 0.3) is 0 Å². The molecule has 1 N–H and O–H groups in total. The van der Waals surface area contributed by atoms with Crippen molar-refractivity contribution in [1.29, 1.82) is 0 Å². The molecule has 1 aliphatic carbocycles. The summed E-state index contributed by atoms with van der Waals surface area (Å²) in [6.07, 6.45) is 4.11. The fourth-order valence-corrected chi connectivity index (χ4v) is 3.92. The number of ether oxygens (including phenoxy) is 1. The van der Waals surface area contributed by atoms with Gasteiger partial charge in [-0.05, 0) is 65.5 Å². The Bertz CT molecular complexity index is 364. The van der Waals surface area contributed by atoms with E-state index in [-0.39, 0.29) is 0 Å². The molecule has 0 aromatic carbocycles. The molecule has 1 saturated carbocycles. The molecule has 1 aromatic rings. The smallest absolute Gasteiger partial charge is 0.0798 e. The van der Waals surface area contributed by atoms with Gasteiger partial charge in [-0.15, -0.1) is 0 Å². The van der Waals surface area contributed by atoms with Crippen LogP contribution in [0.1, 0.15) is 44.7 Å². The Balaban J connectivity index is 2.14. The molecule has 0 bridgehead atoms. The summed E-state index contributed by atoms with van der Waals surface area (Å²) in [7, 11) is 0. The van der Waals surface area contributed by atoms with Crippen molar-refractivity contribution in [1.82, 2.24) is 5.32 Å². The largest absolute Gasteiger partial charge is 0.376 e. The molecular weight excluding hydrogens is 310 g/mol. The van der Waals surface area contributed by atoms with Crippen LogP contribution in [0, 0.1) is 5.92 Å². The van der Waals surface area contributed by atoms with Gasteiger partial charge in [-0.3, -0.25) is 0 Å². The first kappa shape index (κ1) is 14.5. The summed E-state index contributed by atoms with van der Waals surface area (Å²) in [5, 5.41) is 8.07. The molecule has 4 heteroatoms. The summed E-state index contributed by atoms with van der Waals surface area (Å²) < 4.78 is 7.24. The molecule has 102 valence electrons. The molecule has 2 rings (SSSR count). The van der Waals surface area contributed by atoms with E-state index in [2.05, 4.69) is 45.9 Å². The number of nitrogens with one attached hydrogen (secondary N) is 1. The summed E-state index contributed by atoms with van der Waals surface area (Å²) >= 11 is 5.42. The highest BCUT2D eigenvalue weighted by atomic mass is 79.9. The quantitative estimate of drug-likeness (QED) is 0.763. The van der Waals surface area contributed by atoms with Crippen molar-refractivity contribution in [3.05, 3.63) is 20.8 Å². The molecule has 0 aliphatic heterocycles. The molecule has 18 heavy (non-hydrogen) atoms. The van der Waals surface area contributed by atoms with E-state index in [9.17, 15) is 0 Å². The van der Waals surface area contributed by atoms with Gasteiger partial charge in [0.1, 0.15) is 0 Å². The maximum Gasteiger partial charge on any atom is 0.0798 e. The van der Waals surface area contributed by atoms with Gasteiger partial charge in [0, 0.05) is 16.5 Å². The van der Waals surface area contributed by atoms with Crippen LogP contribution >= 0.6 is 27.3 Å². The Kier molecular flexibility index (Phi) is 5.67. The van der Waals surface area contributed by atoms with Crippen LogP contribution in [0.5, 0.6) is 0 Å². The molecule has 2 atom stereocenters. The lowest BCUT2D eigenvalue weighted by Gasteiger charge is -2.28. The van der Waals surface area contributed by atoms with E-state index in [1.54, 1.807) is 11.3 Å². The van der Waals surface area contributed by atoms with Crippen molar-refractivity contribution in [2.75, 3.05) is 13.2 Å². The third-order valence-electron chi connectivity index (χ3n) is 3.37. The highest BCUT2D eigenvalue weighted by Gasteiger charge is 2.38. The molecular formula is C14H22BrNOS. The zero-order valence-corrected chi connectivity index (χ0v) is 13.5. The van der Waals surface area contributed by atoms with E-state index in [0.29, 0.717) is 12.1 Å². The Labute approximate surface area is 122 Å². The average molecular weight is 332 g/mol. The number of rotatable bonds is 8. The Morgan fingerprint density at radius 1 is 1.44 bits per heavy atom. The molecule has 0 amide bonds. The summed E-state index contributed by atoms with van der Waals surface area (Å²) in [4.78, 5) is 0. The second kappa shape index (κ2) is 7.04. The van der Waals surface area contributed by atoms with E-state index in [1.807, 2.05) is 0 Å². The average Bonchev–Trinajstić information content (AvgIpc) is 3.12. The van der Waals surface area contributed by atoms with Crippen LogP contribution in [-0.2, 0) is 4.74 Å². The number of hydrogen-bond acceptors (Lipinski definition) is 3. The van der Waals surface area contributed by atoms with Crippen LogP contribution in [-0.4, -0.2) is 19.3 Å². The zero-order valence-electron chi connectivity index (χ0n) is 11.1. The lowest BCUT2D eigenvalue weighted by Crippen LogP contribution is -2.36. The SMILES string of the molecule is CCCNC(c1cscc1Br)C(OCC)C1CC1. The first-order chi connectivity index (χ1) is 8.77. The Hall–Kier alpha value is 0.1000. The van der Waals surface area contributed by atoms with Crippen molar-refractivity contribution in [3.8, 4) is 0 Å². The molecule has 0 spiro atoms. The van der Waals surface area contributed by atoms with Crippen LogP contribution < -0.4 is 5.32 Å². The predicted octanol–water partition coefficient (Wildman–Crippen LogP) is 4.37. The topological polar surface area (TPSA) is 21.3 Å². The Morgan fingerprint density at radius 3 is 2.72 bits per heavy atom. The lowest BCUT2D eigenvalue weighted by atomic mass is 10.0. The highest BCUT2D eigenvalue weighted by molar-refractivity contribution is 9.10. The third-order valence-corrected chi connectivity index (χ3v) is 5.12. The lowest BCUT2D eigenvalue weighted by molar-refractivity contribution is 0.0185. The fraction of sp³-hybridized carbons (Fsp3) is 0.714. The van der Waals surface area contributed by atoms with Crippen molar-refractivity contribution >= 4 is 27.3 Å². The number of thiophene rings is 1. The van der Waals surface area contributed by atoms with Gasteiger partial charge in [-0.2, -0.15) is 11.3 Å². The van der Waals surface area contributed by atoms with E-state index < -0.39 is 0 Å². The molecule has 2 nitrogen and oxygen atoms in total. The summed E-state index contributed by atoms with van der Waals surface area (Å²) in [5.41, 5.74) is 1.36. The standard InChI is InChI=1S/C14H22BrNOS/c1-3-7-16-13(11-8-18-9-12(11)15)14(17-4-2)10-5-6-10/h8-10,13-14,16H,3-7H2,1-2H3. The van der Waals surface area contributed by atoms with Crippen LogP contribution in [0.15, 0.2) is 15.2 Å². The summed E-state index contributed by atoms with van der Waals surface area (Å²) in [5.74, 6) is 0.742. The first-order valence-electron chi connectivity index (χ1n) is 6.84. The van der Waals surface area contributed by atoms with E-state index in [1.165, 1.54) is 22.9 Å². The molecule has 0 radical (unpaired) electrons. The van der Waals surface area contributed by atoms with Crippen LogP contribution in [0.3, 0.4) is 0 Å². The van der Waals surface area contributed by atoms with Crippen molar-refractivity contribution in [2.45, 2.75) is 45.3 Å². The summed E-state index contributed by atoms with van der Waals surface area (Å²) in [6, 6.07) is 0.332. The predicted molar refractivity (Wildman–Crippen MR) is 81.2 cm³/mol. The zero-order chi connectivity index (χ0) is 13.0. The maximum atomic E-state index is 6.03. The van der Waals surface area contributed by atoms with Gasteiger partial charge in [-0.1, -0.05) is 6.92 Å². The van der Waals surface area contributed by atoms with Crippen molar-refractivity contribution in [3.63, 3.8) is 0 Å². The normalized spacial score (nSPS) is 18.8. The monoisotopic (exact) mass is 331 g/mol. The van der Waals surface area contributed by atoms with Gasteiger partial charge in [0.2, 0.25) is 0 Å². The fourth-order valence-electron chi connectivity index (χ4n) is 2.34. The number of halogens is 1. The van der Waals surface area contributed by atoms with Crippen LogP contribution in [0.25, 0.3) is 0 Å². The van der Waals surface area contributed by atoms with E-state index in [0.717, 1.165) is 25.5 Å². The van der Waals surface area contributed by atoms with Crippen molar-refractivity contribution < 1.29 is 4.74 Å². The van der Waals surface area contributed by atoms with Crippen LogP contribution in [0.4, 0.5) is 0 Å². The minimum Gasteiger partial charge on any atom is -0.376 e.